The molecule has 5 aromatic rings. The third kappa shape index (κ3) is 2.31. The quantitative estimate of drug-likeness (QED) is 0.202. The Balaban J connectivity index is 1.47. The van der Waals surface area contributed by atoms with Gasteiger partial charge in [-0.25, -0.2) is 0 Å². The van der Waals surface area contributed by atoms with Gasteiger partial charge in [-0.3, -0.25) is 0 Å². The molecule has 0 radical (unpaired) electrons. The second-order valence-electron chi connectivity index (χ2n) is 6.78. The average Bonchev–Trinajstić information content (AvgIpc) is 3.25. The van der Waals surface area contributed by atoms with Gasteiger partial charge in [0.05, 0.1) is 10.9 Å². The summed E-state index contributed by atoms with van der Waals surface area (Å²) in [6, 6.07) is 26.3. The van der Waals surface area contributed by atoms with E-state index in [1.165, 1.54) is 51.5 Å². The van der Waals surface area contributed by atoms with E-state index in [-0.39, 0.29) is 0 Å². The summed E-state index contributed by atoms with van der Waals surface area (Å²) in [5.41, 5.74) is 1.35. The zero-order chi connectivity index (χ0) is 17.8. The van der Waals surface area contributed by atoms with Gasteiger partial charge in [-0.15, -0.1) is 11.3 Å². The lowest BCUT2D eigenvalue weighted by molar-refractivity contribution is 1.56. The molecule has 27 heavy (non-hydrogen) atoms. The number of thiophene rings is 1. The minimum atomic E-state index is 1.33. The Hall–Kier alpha value is -2.81. The van der Waals surface area contributed by atoms with Crippen LogP contribution in [0.25, 0.3) is 37.7 Å². The van der Waals surface area contributed by atoms with Gasteiger partial charge < -0.3 is 0 Å². The molecule has 0 saturated heterocycles. The molecule has 0 saturated carbocycles. The molecule has 126 valence electrons. The van der Waals surface area contributed by atoms with E-state index in [0.717, 1.165) is 0 Å². The molecule has 2 heteroatoms. The Kier molecular flexibility index (Phi) is 3.31. The molecule has 6 rings (SSSR count). The third-order valence-corrected chi connectivity index (χ3v) is 7.47. The predicted octanol–water partition coefficient (Wildman–Crippen LogP) is 5.94. The standard InChI is InChI=1S/C25H15S2/c1-6-16-8-3-14-22-24(16)18(10-1)20(26-22)12-5-13-21-19-11-2-7-17-9-4-15-23(27-21)25(17)19/h1-15H/q+1. The van der Waals surface area contributed by atoms with Crippen LogP contribution in [0.15, 0.2) is 89.8 Å². The van der Waals surface area contributed by atoms with Crippen LogP contribution in [0.2, 0.25) is 0 Å². The molecule has 1 aliphatic heterocycles. The molecule has 0 N–H and O–H groups in total. The summed E-state index contributed by atoms with van der Waals surface area (Å²) in [5, 5.41) is 6.79. The lowest BCUT2D eigenvalue weighted by atomic mass is 10.0. The number of rotatable bonds is 2. The molecule has 0 unspecified atom stereocenters. The molecule has 0 aliphatic carbocycles. The van der Waals surface area contributed by atoms with E-state index in [9.17, 15) is 0 Å². The summed E-state index contributed by atoms with van der Waals surface area (Å²) >= 11 is 3.75. The van der Waals surface area contributed by atoms with E-state index in [0.29, 0.717) is 0 Å². The van der Waals surface area contributed by atoms with E-state index in [1.54, 1.807) is 0 Å². The van der Waals surface area contributed by atoms with Crippen molar-refractivity contribution in [1.82, 2.24) is 0 Å². The first kappa shape index (κ1) is 15.3. The highest BCUT2D eigenvalue weighted by atomic mass is 32.1. The highest BCUT2D eigenvalue weighted by Gasteiger charge is 2.26. The second-order valence-corrected chi connectivity index (χ2v) is 8.95. The Morgan fingerprint density at radius 2 is 1.48 bits per heavy atom. The van der Waals surface area contributed by atoms with Crippen molar-refractivity contribution in [3.05, 3.63) is 95.0 Å². The van der Waals surface area contributed by atoms with Crippen LogP contribution in [0.4, 0.5) is 0 Å². The maximum absolute atomic E-state index is 2.26. The van der Waals surface area contributed by atoms with Crippen molar-refractivity contribution < 1.29 is 0 Å². The van der Waals surface area contributed by atoms with Gasteiger partial charge in [-0.1, -0.05) is 60.7 Å². The Morgan fingerprint density at radius 1 is 0.741 bits per heavy atom. The Morgan fingerprint density at radius 3 is 2.37 bits per heavy atom. The van der Waals surface area contributed by atoms with Crippen LogP contribution in [-0.2, 0) is 11.4 Å². The zero-order valence-electron chi connectivity index (χ0n) is 14.5. The lowest BCUT2D eigenvalue weighted by Gasteiger charge is -1.96. The molecule has 1 aromatic heterocycles. The fourth-order valence-corrected chi connectivity index (χ4v) is 6.29. The largest absolute Gasteiger partial charge is 0.240 e. The lowest BCUT2D eigenvalue weighted by Crippen LogP contribution is -1.94. The van der Waals surface area contributed by atoms with Gasteiger partial charge >= 0.3 is 0 Å². The number of benzene rings is 4. The minimum absolute atomic E-state index is 1.33. The number of hydrogen-bond acceptors (Lipinski definition) is 1. The smallest absolute Gasteiger partial charge is 0.135 e. The SMILES string of the molecule is C(=C\C1=[S+]c2cccc3cccc1c23)/C=c1/sc2cccc3cccc1c32. The van der Waals surface area contributed by atoms with Gasteiger partial charge in [0.25, 0.3) is 0 Å². The summed E-state index contributed by atoms with van der Waals surface area (Å²) in [7, 11) is 0. The molecule has 2 heterocycles. The molecule has 0 fully saturated rings. The maximum Gasteiger partial charge on any atom is 0.240 e. The van der Waals surface area contributed by atoms with Crippen LogP contribution in [0.3, 0.4) is 0 Å². The van der Waals surface area contributed by atoms with E-state index < -0.39 is 0 Å². The summed E-state index contributed by atoms with van der Waals surface area (Å²) in [5.74, 6) is 0. The molecule has 0 amide bonds. The molecule has 1 aliphatic rings. The van der Waals surface area contributed by atoms with Crippen LogP contribution in [0.5, 0.6) is 0 Å². The first-order valence-electron chi connectivity index (χ1n) is 9.04. The average molecular weight is 380 g/mol. The predicted molar refractivity (Wildman–Crippen MR) is 122 cm³/mol. The Labute approximate surface area is 165 Å². The highest BCUT2D eigenvalue weighted by Crippen LogP contribution is 2.30. The van der Waals surface area contributed by atoms with Gasteiger partial charge in [-0.05, 0) is 29.0 Å². The highest BCUT2D eigenvalue weighted by molar-refractivity contribution is 7.80. The molecule has 0 bridgehead atoms. The fourth-order valence-electron chi connectivity index (χ4n) is 4.01. The first-order chi connectivity index (χ1) is 13.4. The molecular formula is C25H15S2+. The van der Waals surface area contributed by atoms with Crippen LogP contribution < -0.4 is 4.53 Å². The molecule has 0 spiro atoms. The molecule has 0 atom stereocenters. The first-order valence-corrected chi connectivity index (χ1v) is 10.7. The van der Waals surface area contributed by atoms with Crippen LogP contribution in [0.1, 0.15) is 5.56 Å². The van der Waals surface area contributed by atoms with E-state index in [1.807, 2.05) is 22.7 Å². The third-order valence-electron chi connectivity index (χ3n) is 5.20. The molecular weight excluding hydrogens is 364 g/mol. The van der Waals surface area contributed by atoms with Crippen LogP contribution in [0, 0.1) is 0 Å². The van der Waals surface area contributed by atoms with Crippen molar-refractivity contribution in [3.63, 3.8) is 0 Å². The van der Waals surface area contributed by atoms with E-state index in [4.69, 9.17) is 0 Å². The van der Waals surface area contributed by atoms with Crippen molar-refractivity contribution in [2.24, 2.45) is 0 Å². The second kappa shape index (κ2) is 5.85. The van der Waals surface area contributed by atoms with Gasteiger partial charge in [0, 0.05) is 32.1 Å². The molecule has 4 aromatic carbocycles. The van der Waals surface area contributed by atoms with Crippen molar-refractivity contribution in [2.45, 2.75) is 4.90 Å². The summed E-state index contributed by atoms with van der Waals surface area (Å²) in [6.45, 7) is 0. The zero-order valence-corrected chi connectivity index (χ0v) is 16.1. The minimum Gasteiger partial charge on any atom is -0.135 e. The summed E-state index contributed by atoms with van der Waals surface area (Å²) in [4.78, 5) is 2.69. The maximum atomic E-state index is 2.26. The van der Waals surface area contributed by atoms with Gasteiger partial charge in [0.1, 0.15) is 0 Å². The van der Waals surface area contributed by atoms with Crippen molar-refractivity contribution in [1.29, 1.82) is 0 Å². The van der Waals surface area contributed by atoms with Crippen molar-refractivity contribution >= 4 is 65.3 Å². The van der Waals surface area contributed by atoms with Gasteiger partial charge in [0.15, 0.2) is 0 Å². The van der Waals surface area contributed by atoms with Crippen molar-refractivity contribution in [2.75, 3.05) is 0 Å². The van der Waals surface area contributed by atoms with Crippen LogP contribution >= 0.6 is 11.3 Å². The van der Waals surface area contributed by atoms with E-state index >= 15 is 0 Å². The summed E-state index contributed by atoms with van der Waals surface area (Å²) in [6.07, 6.45) is 6.73. The normalized spacial score (nSPS) is 14.2. The molecule has 0 nitrogen and oxygen atoms in total. The van der Waals surface area contributed by atoms with Crippen molar-refractivity contribution in [3.8, 4) is 0 Å². The van der Waals surface area contributed by atoms with Gasteiger partial charge in [-0.2, -0.15) is 0 Å². The monoisotopic (exact) mass is 379 g/mol. The topological polar surface area (TPSA) is 0 Å². The van der Waals surface area contributed by atoms with E-state index in [2.05, 4.69) is 91.0 Å². The summed E-state index contributed by atoms with van der Waals surface area (Å²) < 4.78 is 2.69. The van der Waals surface area contributed by atoms with Gasteiger partial charge in [0.2, 0.25) is 21.1 Å². The number of hydrogen-bond donors (Lipinski definition) is 0. The van der Waals surface area contributed by atoms with Crippen LogP contribution in [-0.4, -0.2) is 4.86 Å². The Bertz CT molecular complexity index is 1450. The fraction of sp³-hybridized carbons (Fsp3) is 0. The number of allylic oxidation sites excluding steroid dienone is 2.